The Bertz CT molecular complexity index is 1930. The number of aliphatic hydroxyl groups is 1. The smallest absolute Gasteiger partial charge is 0.300 e. The number of nitro benzene ring substituents is 1. The summed E-state index contributed by atoms with van der Waals surface area (Å²) in [4.78, 5) is 82.1. The second-order valence-corrected chi connectivity index (χ2v) is 12.3. The van der Waals surface area contributed by atoms with E-state index >= 15 is 0 Å². The van der Waals surface area contributed by atoms with E-state index in [9.17, 15) is 39.2 Å². The van der Waals surface area contributed by atoms with Crippen molar-refractivity contribution in [1.82, 2.24) is 10.4 Å². The maximum Gasteiger partial charge on any atom is 0.300 e. The molecule has 6 rings (SSSR count). The van der Waals surface area contributed by atoms with Crippen molar-refractivity contribution in [3.63, 3.8) is 0 Å². The third-order valence-electron chi connectivity index (χ3n) is 8.45. The van der Waals surface area contributed by atoms with Crippen molar-refractivity contribution in [3.8, 4) is 0 Å². The first-order chi connectivity index (χ1) is 21.8. The molecule has 1 unspecified atom stereocenters. The van der Waals surface area contributed by atoms with Gasteiger partial charge in [-0.15, -0.1) is 0 Å². The largest absolute Gasteiger partial charge is 0.507 e. The lowest BCUT2D eigenvalue weighted by atomic mass is 9.70. The number of nitrogens with zero attached hydrogens (tertiary/aromatic N) is 3. The van der Waals surface area contributed by atoms with Crippen LogP contribution >= 0.6 is 0 Å². The Labute approximate surface area is 262 Å². The van der Waals surface area contributed by atoms with Gasteiger partial charge in [0.25, 0.3) is 23.3 Å². The Hall–Kier alpha value is -5.91. The molecule has 0 radical (unpaired) electrons. The van der Waals surface area contributed by atoms with E-state index in [1.165, 1.54) is 36.4 Å². The van der Waals surface area contributed by atoms with Gasteiger partial charge in [-0.2, -0.15) is 0 Å². The zero-order chi connectivity index (χ0) is 33.1. The van der Waals surface area contributed by atoms with Gasteiger partial charge in [-0.1, -0.05) is 61.9 Å². The molecular formula is C34H28N4O8. The monoisotopic (exact) mass is 620 g/mol. The van der Waals surface area contributed by atoms with E-state index in [2.05, 4.69) is 5.43 Å². The number of nitrogens with one attached hydrogen (secondary N) is 1. The average Bonchev–Trinajstić information content (AvgIpc) is 3.39. The summed E-state index contributed by atoms with van der Waals surface area (Å²) < 4.78 is 0. The molecule has 1 aliphatic carbocycles. The molecule has 12 nitrogen and oxygen atoms in total. The minimum atomic E-state index is -2.45. The zero-order valence-corrected chi connectivity index (χ0v) is 25.1. The molecule has 3 aromatic carbocycles. The van der Waals surface area contributed by atoms with Crippen LogP contribution in [0.4, 0.5) is 11.4 Å². The number of anilines is 1. The minimum Gasteiger partial charge on any atom is -0.507 e. The van der Waals surface area contributed by atoms with Crippen LogP contribution in [0.25, 0.3) is 5.76 Å². The number of hydrogen-bond acceptors (Lipinski definition) is 8. The molecule has 12 heteroatoms. The summed E-state index contributed by atoms with van der Waals surface area (Å²) in [6.07, 6.45) is 0.0418. The standard InChI is InChI=1S/C34H28N4O8/c1-19-9-13-22(14-10-19)36-31(43)29(41)27(28(40)20-7-5-4-6-8-20)34(36)26-24(17-33(2,3)18-25(26)39)37(32(34)44)35-30(42)21-11-15-23(16-12-21)38(45)46/h4-16,40H,17-18H2,1-3H3,(H,35,42)/b28-27-. The van der Waals surface area contributed by atoms with E-state index in [4.69, 9.17) is 0 Å². The molecule has 3 aromatic rings. The molecule has 0 aromatic heterocycles. The number of amides is 3. The molecule has 232 valence electrons. The van der Waals surface area contributed by atoms with Gasteiger partial charge in [0.15, 0.2) is 11.3 Å². The van der Waals surface area contributed by atoms with Gasteiger partial charge in [-0.25, -0.2) is 5.01 Å². The Kier molecular flexibility index (Phi) is 6.95. The third-order valence-corrected chi connectivity index (χ3v) is 8.45. The number of carbonyl (C=O) groups excluding carboxylic acids is 5. The number of rotatable bonds is 5. The first-order valence-corrected chi connectivity index (χ1v) is 14.4. The molecule has 46 heavy (non-hydrogen) atoms. The highest BCUT2D eigenvalue weighted by atomic mass is 16.6. The summed E-state index contributed by atoms with van der Waals surface area (Å²) in [7, 11) is 0. The van der Waals surface area contributed by atoms with Crippen LogP contribution in [-0.4, -0.2) is 49.9 Å². The zero-order valence-electron chi connectivity index (χ0n) is 25.1. The maximum absolute atomic E-state index is 15.0. The van der Waals surface area contributed by atoms with E-state index in [1.807, 2.05) is 6.92 Å². The minimum absolute atomic E-state index is 0.0280. The predicted octanol–water partition coefficient (Wildman–Crippen LogP) is 4.36. The second-order valence-electron chi connectivity index (χ2n) is 12.3. The molecule has 0 saturated carbocycles. The molecule has 2 N–H and O–H groups in total. The number of benzene rings is 3. The average molecular weight is 621 g/mol. The molecule has 2 heterocycles. The van der Waals surface area contributed by atoms with E-state index in [1.54, 1.807) is 44.2 Å². The van der Waals surface area contributed by atoms with Crippen LogP contribution in [0, 0.1) is 22.5 Å². The highest BCUT2D eigenvalue weighted by Crippen LogP contribution is 2.55. The number of hydrogen-bond donors (Lipinski definition) is 2. The first-order valence-electron chi connectivity index (χ1n) is 14.4. The van der Waals surface area contributed by atoms with Gasteiger partial charge < -0.3 is 5.11 Å². The normalized spacial score (nSPS) is 21.6. The molecule has 0 bridgehead atoms. The number of fused-ring (bicyclic) bond motifs is 1. The Morgan fingerprint density at radius 1 is 0.891 bits per heavy atom. The van der Waals surface area contributed by atoms with Crippen LogP contribution < -0.4 is 10.3 Å². The van der Waals surface area contributed by atoms with Crippen molar-refractivity contribution in [2.45, 2.75) is 39.2 Å². The van der Waals surface area contributed by atoms with E-state index < -0.39 is 56.5 Å². The number of nitro groups is 1. The lowest BCUT2D eigenvalue weighted by Gasteiger charge is -2.37. The van der Waals surface area contributed by atoms with E-state index in [-0.39, 0.29) is 46.6 Å². The van der Waals surface area contributed by atoms with Crippen molar-refractivity contribution in [1.29, 1.82) is 0 Å². The predicted molar refractivity (Wildman–Crippen MR) is 165 cm³/mol. The quantitative estimate of drug-likeness (QED) is 0.140. The number of hydrazine groups is 1. The molecule has 1 atom stereocenters. The summed E-state index contributed by atoms with van der Waals surface area (Å²) in [5.74, 6) is -5.36. The topological polar surface area (TPSA) is 167 Å². The lowest BCUT2D eigenvalue weighted by Crippen LogP contribution is -2.58. The molecule has 3 amide bonds. The number of ketones is 2. The van der Waals surface area contributed by atoms with Gasteiger partial charge in [-0.3, -0.25) is 44.4 Å². The first kappa shape index (κ1) is 30.1. The third kappa shape index (κ3) is 4.48. The number of aryl methyl sites for hydroxylation is 1. The Balaban J connectivity index is 1.61. The summed E-state index contributed by atoms with van der Waals surface area (Å²) in [6.45, 7) is 5.43. The second kappa shape index (κ2) is 10.6. The number of allylic oxidation sites excluding steroid dienone is 1. The molecule has 1 saturated heterocycles. The Morgan fingerprint density at radius 2 is 1.52 bits per heavy atom. The van der Waals surface area contributed by atoms with E-state index in [0.29, 0.717) is 0 Å². The van der Waals surface area contributed by atoms with E-state index in [0.717, 1.165) is 27.6 Å². The summed E-state index contributed by atoms with van der Waals surface area (Å²) in [5.41, 5.74) is -0.532. The molecule has 2 aliphatic heterocycles. The van der Waals surface area contributed by atoms with Gasteiger partial charge in [0, 0.05) is 35.4 Å². The van der Waals surface area contributed by atoms with Crippen LogP contribution in [0.1, 0.15) is 48.2 Å². The van der Waals surface area contributed by atoms with Gasteiger partial charge in [-0.05, 0) is 43.0 Å². The summed E-state index contributed by atoms with van der Waals surface area (Å²) in [5, 5.41) is 23.7. The van der Waals surface area contributed by atoms with Crippen LogP contribution in [0.15, 0.2) is 95.7 Å². The number of carbonyl (C=O) groups is 5. The Morgan fingerprint density at radius 3 is 2.13 bits per heavy atom. The highest BCUT2D eigenvalue weighted by Gasteiger charge is 2.71. The molecule has 1 spiro atoms. The maximum atomic E-state index is 15.0. The van der Waals surface area contributed by atoms with Crippen molar-refractivity contribution >= 4 is 46.4 Å². The summed E-state index contributed by atoms with van der Waals surface area (Å²) >= 11 is 0. The van der Waals surface area contributed by atoms with Gasteiger partial charge in [0.1, 0.15) is 5.76 Å². The molecular weight excluding hydrogens is 592 g/mol. The van der Waals surface area contributed by atoms with Gasteiger partial charge in [0.05, 0.1) is 21.8 Å². The highest BCUT2D eigenvalue weighted by molar-refractivity contribution is 6.56. The summed E-state index contributed by atoms with van der Waals surface area (Å²) in [6, 6.07) is 19.0. The molecule has 3 aliphatic rings. The van der Waals surface area contributed by atoms with Crippen molar-refractivity contribution in [3.05, 3.63) is 123 Å². The van der Waals surface area contributed by atoms with Crippen LogP contribution in [0.2, 0.25) is 0 Å². The SMILES string of the molecule is Cc1ccc(N2C(=O)C(=O)/C(=C(/O)c3ccccc3)C23C(=O)N(NC(=O)c2ccc([N+](=O)[O-])cc2)C2=C3C(=O)CC(C)(C)C2)cc1. The fourth-order valence-corrected chi connectivity index (χ4v) is 6.40. The fraction of sp³-hybridized carbons (Fsp3) is 0.206. The number of aliphatic hydroxyl groups excluding tert-OH is 1. The van der Waals surface area contributed by atoms with Gasteiger partial charge >= 0.3 is 5.91 Å². The number of Topliss-reactive ketones (excluding diaryl/α,β-unsaturated/α-hetero) is 2. The lowest BCUT2D eigenvalue weighted by molar-refractivity contribution is -0.384. The molecule has 1 fully saturated rings. The van der Waals surface area contributed by atoms with Crippen LogP contribution in [0.5, 0.6) is 0 Å². The van der Waals surface area contributed by atoms with Crippen LogP contribution in [0.3, 0.4) is 0 Å². The fourth-order valence-electron chi connectivity index (χ4n) is 6.40. The van der Waals surface area contributed by atoms with Crippen molar-refractivity contribution in [2.24, 2.45) is 5.41 Å². The van der Waals surface area contributed by atoms with Crippen molar-refractivity contribution < 1.29 is 34.0 Å². The van der Waals surface area contributed by atoms with Crippen molar-refractivity contribution in [2.75, 3.05) is 4.90 Å². The number of non-ortho nitro benzene ring substituents is 1. The van der Waals surface area contributed by atoms with Gasteiger partial charge in [0.2, 0.25) is 0 Å². The van der Waals surface area contributed by atoms with Crippen LogP contribution in [-0.2, 0) is 19.2 Å².